The molecule has 210 valence electrons. The number of nitrogens with zero attached hydrogens (tertiary/aromatic N) is 2. The van der Waals surface area contributed by atoms with Crippen molar-refractivity contribution >= 4 is 34.1 Å². The SMILES string of the molecule is COc1ccc([C@@H]2CC(c3c(-c4ccccc4)c4cc(Cl)ccc4[nH]c3=O)=NN2C(=O)[C@H](OC)c2ccccc2)cc1. The number of aromatic nitrogens is 1. The second-order valence-electron chi connectivity index (χ2n) is 10.0. The molecule has 1 aliphatic heterocycles. The van der Waals surface area contributed by atoms with Crippen molar-refractivity contribution < 1.29 is 14.3 Å². The molecule has 0 bridgehead atoms. The number of pyridine rings is 1. The van der Waals surface area contributed by atoms with Crippen molar-refractivity contribution in [3.63, 3.8) is 0 Å². The minimum Gasteiger partial charge on any atom is -0.497 e. The Balaban J connectivity index is 1.54. The predicted octanol–water partition coefficient (Wildman–Crippen LogP) is 6.92. The van der Waals surface area contributed by atoms with Crippen molar-refractivity contribution in [3.8, 4) is 16.9 Å². The Labute approximate surface area is 248 Å². The highest BCUT2D eigenvalue weighted by molar-refractivity contribution is 6.31. The molecule has 5 aromatic rings. The van der Waals surface area contributed by atoms with Gasteiger partial charge in [-0.25, -0.2) is 5.01 Å². The molecular weight excluding hydrogens is 550 g/mol. The van der Waals surface area contributed by atoms with Crippen LogP contribution < -0.4 is 10.3 Å². The van der Waals surface area contributed by atoms with Gasteiger partial charge in [-0.05, 0) is 47.0 Å². The fourth-order valence-electron chi connectivity index (χ4n) is 5.52. The number of nitrogens with one attached hydrogen (secondary N) is 1. The number of H-pyrrole nitrogens is 1. The van der Waals surface area contributed by atoms with E-state index < -0.39 is 12.1 Å². The van der Waals surface area contributed by atoms with Gasteiger partial charge in [0.1, 0.15) is 5.75 Å². The number of amides is 1. The lowest BCUT2D eigenvalue weighted by molar-refractivity contribution is -0.144. The molecule has 0 saturated heterocycles. The van der Waals surface area contributed by atoms with Crippen LogP contribution in [0.2, 0.25) is 5.02 Å². The zero-order chi connectivity index (χ0) is 29.2. The number of carbonyl (C=O) groups is 1. The van der Waals surface area contributed by atoms with Crippen molar-refractivity contribution in [2.24, 2.45) is 5.10 Å². The monoisotopic (exact) mass is 577 g/mol. The van der Waals surface area contributed by atoms with Gasteiger partial charge in [0.2, 0.25) is 0 Å². The van der Waals surface area contributed by atoms with E-state index in [1.54, 1.807) is 19.2 Å². The Bertz CT molecular complexity index is 1840. The molecule has 8 heteroatoms. The smallest absolute Gasteiger partial charge is 0.276 e. The Kier molecular flexibility index (Phi) is 7.61. The van der Waals surface area contributed by atoms with E-state index >= 15 is 0 Å². The number of hydrogen-bond donors (Lipinski definition) is 1. The molecule has 1 aromatic heterocycles. The number of methoxy groups -OCH3 is 2. The molecule has 7 nitrogen and oxygen atoms in total. The maximum atomic E-state index is 14.1. The molecule has 2 atom stereocenters. The van der Waals surface area contributed by atoms with Gasteiger partial charge in [0.05, 0.1) is 24.4 Å². The summed E-state index contributed by atoms with van der Waals surface area (Å²) in [7, 11) is 3.11. The van der Waals surface area contributed by atoms with Crippen molar-refractivity contribution in [2.75, 3.05) is 14.2 Å². The summed E-state index contributed by atoms with van der Waals surface area (Å²) in [4.78, 5) is 30.9. The van der Waals surface area contributed by atoms with Crippen molar-refractivity contribution in [3.05, 3.63) is 135 Å². The van der Waals surface area contributed by atoms with Crippen LogP contribution in [-0.2, 0) is 9.53 Å². The van der Waals surface area contributed by atoms with Gasteiger partial charge >= 0.3 is 0 Å². The van der Waals surface area contributed by atoms with Crippen LogP contribution in [0.4, 0.5) is 0 Å². The highest BCUT2D eigenvalue weighted by Crippen LogP contribution is 2.39. The predicted molar refractivity (Wildman–Crippen MR) is 165 cm³/mol. The number of benzene rings is 4. The highest BCUT2D eigenvalue weighted by atomic mass is 35.5. The van der Waals surface area contributed by atoms with E-state index in [2.05, 4.69) is 4.98 Å². The van der Waals surface area contributed by atoms with Crippen molar-refractivity contribution in [1.29, 1.82) is 0 Å². The van der Waals surface area contributed by atoms with E-state index in [9.17, 15) is 9.59 Å². The minimum absolute atomic E-state index is 0.295. The van der Waals surface area contributed by atoms with Crippen LogP contribution in [0.15, 0.2) is 113 Å². The Hall–Kier alpha value is -4.72. The zero-order valence-electron chi connectivity index (χ0n) is 23.1. The van der Waals surface area contributed by atoms with E-state index in [0.29, 0.717) is 45.1 Å². The molecule has 0 saturated carbocycles. The van der Waals surface area contributed by atoms with E-state index in [1.807, 2.05) is 91.0 Å². The van der Waals surface area contributed by atoms with Crippen LogP contribution in [-0.4, -0.2) is 35.8 Å². The third-order valence-electron chi connectivity index (χ3n) is 7.53. The molecule has 0 unspecified atom stereocenters. The van der Waals surface area contributed by atoms with Gasteiger partial charge in [0.15, 0.2) is 6.10 Å². The number of fused-ring (bicyclic) bond motifs is 1. The van der Waals surface area contributed by atoms with Crippen LogP contribution >= 0.6 is 11.6 Å². The van der Waals surface area contributed by atoms with Crippen LogP contribution in [0.3, 0.4) is 0 Å². The molecule has 6 rings (SSSR count). The summed E-state index contributed by atoms with van der Waals surface area (Å²) < 4.78 is 11.1. The zero-order valence-corrected chi connectivity index (χ0v) is 23.8. The van der Waals surface area contributed by atoms with Crippen molar-refractivity contribution in [2.45, 2.75) is 18.6 Å². The topological polar surface area (TPSA) is 84.0 Å². The first-order valence-electron chi connectivity index (χ1n) is 13.5. The van der Waals surface area contributed by atoms with Gasteiger partial charge in [-0.15, -0.1) is 0 Å². The summed E-state index contributed by atoms with van der Waals surface area (Å²) in [6.45, 7) is 0. The molecule has 0 aliphatic carbocycles. The van der Waals surface area contributed by atoms with Gasteiger partial charge in [0, 0.05) is 35.0 Å². The number of aromatic amines is 1. The fourth-order valence-corrected chi connectivity index (χ4v) is 5.70. The van der Waals surface area contributed by atoms with E-state index in [0.717, 1.165) is 16.5 Å². The van der Waals surface area contributed by atoms with Gasteiger partial charge in [0.25, 0.3) is 11.5 Å². The van der Waals surface area contributed by atoms with E-state index in [4.69, 9.17) is 26.2 Å². The first-order chi connectivity index (χ1) is 20.5. The molecule has 1 amide bonds. The first kappa shape index (κ1) is 27.4. The molecule has 1 aliphatic rings. The lowest BCUT2D eigenvalue weighted by atomic mass is 9.91. The second-order valence-corrected chi connectivity index (χ2v) is 10.4. The Morgan fingerprint density at radius 1 is 0.929 bits per heavy atom. The first-order valence-corrected chi connectivity index (χ1v) is 13.9. The lowest BCUT2D eigenvalue weighted by Gasteiger charge is -2.26. The van der Waals surface area contributed by atoms with Gasteiger partial charge in [-0.1, -0.05) is 84.4 Å². The summed E-state index contributed by atoms with van der Waals surface area (Å²) >= 11 is 6.43. The average molecular weight is 578 g/mol. The van der Waals surface area contributed by atoms with Gasteiger partial charge < -0.3 is 14.5 Å². The normalized spacial score (nSPS) is 15.5. The summed E-state index contributed by atoms with van der Waals surface area (Å²) in [6.07, 6.45) is -0.560. The quantitative estimate of drug-likeness (QED) is 0.227. The molecule has 1 N–H and O–H groups in total. The molecule has 0 fully saturated rings. The summed E-state index contributed by atoms with van der Waals surface area (Å²) in [5.41, 5.74) is 4.39. The maximum absolute atomic E-state index is 14.1. The number of rotatable bonds is 7. The average Bonchev–Trinajstić information content (AvgIpc) is 3.47. The minimum atomic E-state index is -0.877. The molecular formula is C34H28ClN3O4. The number of halogens is 1. The Morgan fingerprint density at radius 3 is 2.29 bits per heavy atom. The molecule has 0 spiro atoms. The Morgan fingerprint density at radius 2 is 1.62 bits per heavy atom. The maximum Gasteiger partial charge on any atom is 0.276 e. The third-order valence-corrected chi connectivity index (χ3v) is 7.76. The fraction of sp³-hybridized carbons (Fsp3) is 0.147. The highest BCUT2D eigenvalue weighted by Gasteiger charge is 2.38. The van der Waals surface area contributed by atoms with Gasteiger partial charge in [-0.3, -0.25) is 9.59 Å². The molecule has 2 heterocycles. The lowest BCUT2D eigenvalue weighted by Crippen LogP contribution is -2.32. The number of hydrogen-bond acceptors (Lipinski definition) is 5. The summed E-state index contributed by atoms with van der Waals surface area (Å²) in [6, 6.07) is 31.4. The van der Waals surface area contributed by atoms with Gasteiger partial charge in [-0.2, -0.15) is 5.10 Å². The summed E-state index contributed by atoms with van der Waals surface area (Å²) in [5.74, 6) is 0.366. The number of ether oxygens (including phenoxy) is 2. The van der Waals surface area contributed by atoms with E-state index in [1.165, 1.54) is 12.1 Å². The van der Waals surface area contributed by atoms with Crippen LogP contribution in [0.5, 0.6) is 5.75 Å². The largest absolute Gasteiger partial charge is 0.497 e. The molecule has 42 heavy (non-hydrogen) atoms. The van der Waals surface area contributed by atoms with Crippen LogP contribution in [0, 0.1) is 0 Å². The van der Waals surface area contributed by atoms with Crippen molar-refractivity contribution in [1.82, 2.24) is 9.99 Å². The standard InChI is InChI=1S/C34H28ClN3O4/c1-41-25-16-13-21(14-17-25)29-20-28(37-38(29)34(40)32(42-2)23-11-7-4-8-12-23)31-30(22-9-5-3-6-10-22)26-19-24(35)15-18-27(26)36-33(31)39/h3-19,29,32H,20H2,1-2H3,(H,36,39)/t29-,32+/m0/s1. The molecule has 0 radical (unpaired) electrons. The number of hydrazone groups is 1. The second kappa shape index (κ2) is 11.6. The van der Waals surface area contributed by atoms with Crippen LogP contribution in [0.25, 0.3) is 22.0 Å². The third kappa shape index (κ3) is 5.09. The number of carbonyl (C=O) groups excluding carboxylic acids is 1. The molecule has 4 aromatic carbocycles. The van der Waals surface area contributed by atoms with E-state index in [-0.39, 0.29) is 11.5 Å². The van der Waals surface area contributed by atoms with Crippen LogP contribution in [0.1, 0.15) is 35.3 Å². The summed E-state index contributed by atoms with van der Waals surface area (Å²) in [5, 5.41) is 7.65.